The minimum Gasteiger partial charge on any atom is -0.487 e. The Bertz CT molecular complexity index is 1350. The van der Waals surface area contributed by atoms with Crippen LogP contribution in [0.3, 0.4) is 0 Å². The van der Waals surface area contributed by atoms with Gasteiger partial charge in [-0.15, -0.1) is 0 Å². The van der Waals surface area contributed by atoms with Crippen LogP contribution in [-0.4, -0.2) is 16.8 Å². The quantitative estimate of drug-likeness (QED) is 0.0878. The van der Waals surface area contributed by atoms with Crippen LogP contribution in [-0.2, 0) is 16.1 Å². The highest BCUT2D eigenvalue weighted by Crippen LogP contribution is 2.36. The molecule has 3 aromatic rings. The molecule has 0 saturated heterocycles. The molecular weight excluding hydrogens is 706 g/mol. The number of halogens is 4. The maximum absolute atomic E-state index is 12.4. The number of nitro groups is 1. The van der Waals surface area contributed by atoms with E-state index in [0.717, 1.165) is 9.13 Å². The number of benzene rings is 3. The monoisotopic (exact) mass is 716 g/mol. The lowest BCUT2D eigenvalue weighted by Crippen LogP contribution is -2.06. The number of rotatable bonds is 6. The number of nitrogens with zero attached hydrogens (tertiary/aromatic N) is 2. The topological polar surface area (TPSA) is 91.0 Å². The van der Waals surface area contributed by atoms with Crippen molar-refractivity contribution in [3.8, 4) is 5.75 Å². The van der Waals surface area contributed by atoms with Crippen LogP contribution in [0, 0.1) is 13.7 Å². The molecule has 0 aliphatic carbocycles. The third-order valence-electron chi connectivity index (χ3n) is 4.63. The van der Waals surface area contributed by atoms with E-state index in [1.54, 1.807) is 18.2 Å². The van der Waals surface area contributed by atoms with E-state index in [1.165, 1.54) is 18.2 Å². The second-order valence-corrected chi connectivity index (χ2v) is 10.3. The zero-order chi connectivity index (χ0) is 24.4. The third-order valence-corrected chi connectivity index (χ3v) is 6.85. The average Bonchev–Trinajstić information content (AvgIpc) is 3.14. The SMILES string of the molecule is O=C1OC(c2ccc(Cl)c([N+](=O)[O-])c2)=N/C1=C\c1cc(Br)c(OCc2ccc(I)cc2)c(Br)c1. The molecule has 0 saturated carbocycles. The van der Waals surface area contributed by atoms with Crippen molar-refractivity contribution in [3.63, 3.8) is 0 Å². The van der Waals surface area contributed by atoms with Crippen LogP contribution in [0.15, 0.2) is 74.2 Å². The van der Waals surface area contributed by atoms with Gasteiger partial charge in [0.05, 0.1) is 13.9 Å². The summed E-state index contributed by atoms with van der Waals surface area (Å²) in [5.74, 6) is -0.0853. The van der Waals surface area contributed by atoms with Crippen molar-refractivity contribution < 1.29 is 19.2 Å². The number of hydrogen-bond acceptors (Lipinski definition) is 6. The molecule has 0 aromatic heterocycles. The van der Waals surface area contributed by atoms with Gasteiger partial charge in [-0.2, -0.15) is 0 Å². The van der Waals surface area contributed by atoms with Gasteiger partial charge in [0, 0.05) is 15.2 Å². The lowest BCUT2D eigenvalue weighted by atomic mass is 10.2. The summed E-state index contributed by atoms with van der Waals surface area (Å²) in [5.41, 5.74) is 1.72. The largest absolute Gasteiger partial charge is 0.487 e. The van der Waals surface area contributed by atoms with Crippen LogP contribution in [0.25, 0.3) is 6.08 Å². The molecule has 1 aliphatic heterocycles. The van der Waals surface area contributed by atoms with Crippen molar-refractivity contribution in [1.82, 2.24) is 0 Å². The lowest BCUT2D eigenvalue weighted by molar-refractivity contribution is -0.384. The van der Waals surface area contributed by atoms with Crippen molar-refractivity contribution in [1.29, 1.82) is 0 Å². The highest BCUT2D eigenvalue weighted by atomic mass is 127. The zero-order valence-electron chi connectivity index (χ0n) is 16.9. The van der Waals surface area contributed by atoms with Crippen molar-refractivity contribution in [3.05, 3.63) is 105 Å². The van der Waals surface area contributed by atoms with Gasteiger partial charge in [-0.3, -0.25) is 10.1 Å². The van der Waals surface area contributed by atoms with Gasteiger partial charge in [0.25, 0.3) is 5.69 Å². The van der Waals surface area contributed by atoms with Crippen molar-refractivity contribution in [2.24, 2.45) is 4.99 Å². The van der Waals surface area contributed by atoms with Crippen LogP contribution in [0.2, 0.25) is 5.02 Å². The van der Waals surface area contributed by atoms with E-state index in [2.05, 4.69) is 59.4 Å². The summed E-state index contributed by atoms with van der Waals surface area (Å²) in [4.78, 5) is 27.1. The van der Waals surface area contributed by atoms with Gasteiger partial charge in [-0.1, -0.05) is 23.7 Å². The molecule has 0 bridgehead atoms. The number of hydrogen-bond donors (Lipinski definition) is 0. The summed E-state index contributed by atoms with van der Waals surface area (Å²) in [6.07, 6.45) is 1.55. The standard InChI is InChI=1S/C23H12Br2ClIN2O5/c24-16-7-13(8-17(25)21(16)33-11-12-1-4-15(27)5-2-12)9-19-23(30)34-22(28-19)14-3-6-18(26)20(10-14)29(31)32/h1-10H,11H2/b19-9-. The number of cyclic esters (lactones) is 1. The Morgan fingerprint density at radius 1 is 1.12 bits per heavy atom. The lowest BCUT2D eigenvalue weighted by Gasteiger charge is -2.11. The van der Waals surface area contributed by atoms with E-state index in [0.29, 0.717) is 26.9 Å². The van der Waals surface area contributed by atoms with Crippen molar-refractivity contribution in [2.45, 2.75) is 6.61 Å². The summed E-state index contributed by atoms with van der Waals surface area (Å²) in [5, 5.41) is 11.1. The Morgan fingerprint density at radius 3 is 2.44 bits per heavy atom. The Kier molecular flexibility index (Phi) is 7.70. The maximum atomic E-state index is 12.4. The number of esters is 1. The zero-order valence-corrected chi connectivity index (χ0v) is 23.0. The first-order chi connectivity index (χ1) is 16.2. The predicted octanol–water partition coefficient (Wildman–Crippen LogP) is 7.30. The fraction of sp³-hybridized carbons (Fsp3) is 0.0435. The van der Waals surface area contributed by atoms with Gasteiger partial charge in [0.15, 0.2) is 5.70 Å². The highest BCUT2D eigenvalue weighted by molar-refractivity contribution is 14.1. The van der Waals surface area contributed by atoms with Crippen molar-refractivity contribution in [2.75, 3.05) is 0 Å². The molecular formula is C23H12Br2ClIN2O5. The summed E-state index contributed by atoms with van der Waals surface area (Å²) in [7, 11) is 0. The van der Waals surface area contributed by atoms with Crippen LogP contribution in [0.1, 0.15) is 16.7 Å². The Morgan fingerprint density at radius 2 is 1.79 bits per heavy atom. The van der Waals surface area contributed by atoms with Gasteiger partial charge >= 0.3 is 5.97 Å². The first-order valence-electron chi connectivity index (χ1n) is 9.54. The number of nitro benzene ring substituents is 1. The molecule has 0 unspecified atom stereocenters. The van der Waals surface area contributed by atoms with E-state index in [1.807, 2.05) is 24.3 Å². The molecule has 3 aromatic carbocycles. The van der Waals surface area contributed by atoms with Crippen molar-refractivity contribution >= 4 is 89.7 Å². The molecule has 0 atom stereocenters. The molecule has 34 heavy (non-hydrogen) atoms. The molecule has 1 aliphatic rings. The maximum Gasteiger partial charge on any atom is 0.363 e. The number of carbonyl (C=O) groups excluding carboxylic acids is 1. The molecule has 0 amide bonds. The predicted molar refractivity (Wildman–Crippen MR) is 144 cm³/mol. The number of aliphatic imine (C=N–C) groups is 1. The molecule has 0 radical (unpaired) electrons. The van der Waals surface area contributed by atoms with Gasteiger partial charge in [0.2, 0.25) is 5.90 Å². The molecule has 0 fully saturated rings. The van der Waals surface area contributed by atoms with E-state index < -0.39 is 10.9 Å². The van der Waals surface area contributed by atoms with Gasteiger partial charge < -0.3 is 9.47 Å². The molecule has 1 heterocycles. The molecule has 0 N–H and O–H groups in total. The fourth-order valence-corrected chi connectivity index (χ4v) is 5.01. The van der Waals surface area contributed by atoms with Gasteiger partial charge in [-0.05, 0) is 108 Å². The van der Waals surface area contributed by atoms with Crippen LogP contribution < -0.4 is 4.74 Å². The van der Waals surface area contributed by atoms with Crippen LogP contribution in [0.4, 0.5) is 5.69 Å². The summed E-state index contributed by atoms with van der Waals surface area (Å²) in [6.45, 7) is 0.391. The Hall–Kier alpha value is -2.28. The van der Waals surface area contributed by atoms with Crippen LogP contribution >= 0.6 is 66.1 Å². The normalized spacial score (nSPS) is 14.2. The summed E-state index contributed by atoms with van der Waals surface area (Å²) >= 11 is 15.1. The van der Waals surface area contributed by atoms with Gasteiger partial charge in [-0.25, -0.2) is 9.79 Å². The highest BCUT2D eigenvalue weighted by Gasteiger charge is 2.26. The Balaban J connectivity index is 1.57. The first kappa shape index (κ1) is 24.8. The van der Waals surface area contributed by atoms with E-state index in [4.69, 9.17) is 21.1 Å². The minimum atomic E-state index is -0.668. The van der Waals surface area contributed by atoms with E-state index in [9.17, 15) is 14.9 Å². The molecule has 4 rings (SSSR count). The smallest absolute Gasteiger partial charge is 0.363 e. The van der Waals surface area contributed by atoms with Crippen LogP contribution in [0.5, 0.6) is 5.75 Å². The minimum absolute atomic E-state index is 0.0199. The first-order valence-corrected chi connectivity index (χ1v) is 12.6. The fourth-order valence-electron chi connectivity index (χ4n) is 3.01. The van der Waals surface area contributed by atoms with E-state index >= 15 is 0 Å². The average molecular weight is 719 g/mol. The Labute approximate surface area is 229 Å². The number of ether oxygens (including phenoxy) is 2. The second-order valence-electron chi connectivity index (χ2n) is 6.99. The molecule has 7 nitrogen and oxygen atoms in total. The van der Waals surface area contributed by atoms with Gasteiger partial charge in [0.1, 0.15) is 17.4 Å². The molecule has 11 heteroatoms. The third kappa shape index (κ3) is 5.68. The van der Waals surface area contributed by atoms with E-state index in [-0.39, 0.29) is 27.9 Å². The molecule has 0 spiro atoms. The second kappa shape index (κ2) is 10.5. The number of carbonyl (C=O) groups is 1. The summed E-state index contributed by atoms with van der Waals surface area (Å²) in [6, 6.07) is 15.7. The summed E-state index contributed by atoms with van der Waals surface area (Å²) < 4.78 is 13.7. The molecule has 172 valence electrons.